The number of aromatic nitrogens is 1. The highest BCUT2D eigenvalue weighted by Crippen LogP contribution is 2.36. The van der Waals surface area contributed by atoms with Gasteiger partial charge in [-0.2, -0.15) is 0 Å². The van der Waals surface area contributed by atoms with Gasteiger partial charge in [0.25, 0.3) is 0 Å². The summed E-state index contributed by atoms with van der Waals surface area (Å²) in [7, 11) is 0. The number of benzene rings is 3. The molecule has 0 radical (unpaired) electrons. The molecule has 32 heavy (non-hydrogen) atoms. The Labute approximate surface area is 192 Å². The van der Waals surface area contributed by atoms with E-state index in [2.05, 4.69) is 127 Å². The van der Waals surface area contributed by atoms with E-state index in [-0.39, 0.29) is 5.92 Å². The van der Waals surface area contributed by atoms with E-state index in [0.717, 1.165) is 13.1 Å². The first-order valence-electron chi connectivity index (χ1n) is 11.5. The van der Waals surface area contributed by atoms with Gasteiger partial charge in [0.15, 0.2) is 0 Å². The highest BCUT2D eigenvalue weighted by atomic mass is 15.2. The third-order valence-corrected chi connectivity index (χ3v) is 6.13. The number of rotatable bonds is 9. The summed E-state index contributed by atoms with van der Waals surface area (Å²) in [5.74, 6) is 0.715. The number of hydrogen-bond donors (Lipinski definition) is 0. The molecule has 0 N–H and O–H groups in total. The van der Waals surface area contributed by atoms with E-state index in [0.29, 0.717) is 12.0 Å². The fraction of sp³-hybridized carbons (Fsp3) is 0.233. The van der Waals surface area contributed by atoms with Crippen LogP contribution in [0.15, 0.2) is 116 Å². The lowest BCUT2D eigenvalue weighted by Crippen LogP contribution is -2.43. The molecule has 0 aliphatic rings. The second-order valence-corrected chi connectivity index (χ2v) is 8.78. The van der Waals surface area contributed by atoms with Crippen LogP contribution >= 0.6 is 0 Å². The largest absolute Gasteiger partial charge is 0.291 e. The van der Waals surface area contributed by atoms with Crippen LogP contribution in [-0.2, 0) is 13.1 Å². The monoisotopic (exact) mass is 420 g/mol. The van der Waals surface area contributed by atoms with Gasteiger partial charge in [0.1, 0.15) is 0 Å². The van der Waals surface area contributed by atoms with Crippen LogP contribution in [0.2, 0.25) is 0 Å². The van der Waals surface area contributed by atoms with Crippen molar-refractivity contribution in [2.45, 2.75) is 38.9 Å². The molecule has 0 saturated carbocycles. The maximum atomic E-state index is 4.29. The molecule has 0 saturated heterocycles. The minimum Gasteiger partial charge on any atom is -0.291 e. The molecular formula is C30H32N2. The zero-order valence-electron chi connectivity index (χ0n) is 19.0. The third-order valence-electron chi connectivity index (χ3n) is 6.13. The lowest BCUT2D eigenvalue weighted by molar-refractivity contribution is 0.123. The van der Waals surface area contributed by atoms with Crippen molar-refractivity contribution in [1.82, 2.24) is 9.88 Å². The van der Waals surface area contributed by atoms with Crippen LogP contribution in [0.25, 0.3) is 0 Å². The first-order valence-corrected chi connectivity index (χ1v) is 11.5. The third kappa shape index (κ3) is 5.52. The Hall–Kier alpha value is -3.23. The van der Waals surface area contributed by atoms with Crippen LogP contribution in [0.3, 0.4) is 0 Å². The quantitative estimate of drug-likeness (QED) is 0.291. The van der Waals surface area contributed by atoms with Gasteiger partial charge < -0.3 is 0 Å². The Morgan fingerprint density at radius 3 is 1.50 bits per heavy atom. The lowest BCUT2D eigenvalue weighted by atomic mass is 9.79. The molecule has 0 aliphatic heterocycles. The van der Waals surface area contributed by atoms with Crippen molar-refractivity contribution < 1.29 is 0 Å². The molecular weight excluding hydrogens is 388 g/mol. The molecule has 0 spiro atoms. The molecule has 1 aromatic heterocycles. The molecule has 4 aromatic rings. The van der Waals surface area contributed by atoms with Gasteiger partial charge in [-0.05, 0) is 40.3 Å². The lowest BCUT2D eigenvalue weighted by Gasteiger charge is -2.40. The molecule has 162 valence electrons. The smallest absolute Gasteiger partial charge is 0.0270 e. The molecule has 0 amide bonds. The van der Waals surface area contributed by atoms with Gasteiger partial charge in [-0.1, -0.05) is 105 Å². The summed E-state index contributed by atoms with van der Waals surface area (Å²) in [5.41, 5.74) is 5.35. The van der Waals surface area contributed by atoms with E-state index in [9.17, 15) is 0 Å². The molecule has 1 heterocycles. The van der Waals surface area contributed by atoms with Gasteiger partial charge in [0.05, 0.1) is 0 Å². The number of nitrogens with zero attached hydrogens (tertiary/aromatic N) is 2. The Morgan fingerprint density at radius 2 is 1.03 bits per heavy atom. The zero-order chi connectivity index (χ0) is 22.2. The van der Waals surface area contributed by atoms with Crippen LogP contribution in [0.5, 0.6) is 0 Å². The van der Waals surface area contributed by atoms with Crippen LogP contribution in [0, 0.1) is 5.92 Å². The van der Waals surface area contributed by atoms with Crippen molar-refractivity contribution in [3.05, 3.63) is 138 Å². The summed E-state index contributed by atoms with van der Waals surface area (Å²) in [6.07, 6.45) is 3.84. The molecule has 3 aromatic carbocycles. The zero-order valence-corrected chi connectivity index (χ0v) is 19.0. The number of pyridine rings is 1. The molecule has 0 bridgehead atoms. The highest BCUT2D eigenvalue weighted by molar-refractivity contribution is 5.34. The van der Waals surface area contributed by atoms with Crippen LogP contribution in [-0.4, -0.2) is 15.9 Å². The van der Waals surface area contributed by atoms with Gasteiger partial charge in [-0.3, -0.25) is 9.88 Å². The Kier molecular flexibility index (Phi) is 7.47. The summed E-state index contributed by atoms with van der Waals surface area (Å²) < 4.78 is 0. The molecule has 4 rings (SSSR count). The van der Waals surface area contributed by atoms with Crippen molar-refractivity contribution in [2.24, 2.45) is 5.92 Å². The van der Waals surface area contributed by atoms with E-state index in [1.807, 2.05) is 12.4 Å². The summed E-state index contributed by atoms with van der Waals surface area (Å²) in [4.78, 5) is 6.95. The Morgan fingerprint density at radius 1 is 0.594 bits per heavy atom. The molecule has 2 unspecified atom stereocenters. The molecule has 2 atom stereocenters. The summed E-state index contributed by atoms with van der Waals surface area (Å²) >= 11 is 0. The maximum Gasteiger partial charge on any atom is 0.0270 e. The minimum absolute atomic E-state index is 0.256. The topological polar surface area (TPSA) is 16.1 Å². The van der Waals surface area contributed by atoms with Crippen molar-refractivity contribution in [1.29, 1.82) is 0 Å². The first-order chi connectivity index (χ1) is 15.7. The van der Waals surface area contributed by atoms with Crippen LogP contribution in [0.1, 0.15) is 42.0 Å². The van der Waals surface area contributed by atoms with Gasteiger partial charge in [-0.25, -0.2) is 0 Å². The molecule has 0 fully saturated rings. The van der Waals surface area contributed by atoms with E-state index in [1.165, 1.54) is 22.3 Å². The fourth-order valence-electron chi connectivity index (χ4n) is 4.74. The standard InChI is InChI=1S/C30H32N2/c1-24(2)30(29(27-16-10-5-11-17-27)28-18-20-31-21-19-28)32(22-25-12-6-3-7-13-25)23-26-14-8-4-9-15-26/h3-21,24,29-30H,22-23H2,1-2H3. The maximum absolute atomic E-state index is 4.29. The van der Waals surface area contributed by atoms with Crippen molar-refractivity contribution in [3.63, 3.8) is 0 Å². The predicted molar refractivity (Wildman–Crippen MR) is 133 cm³/mol. The SMILES string of the molecule is CC(C)C(C(c1ccccc1)c1ccncc1)N(Cc1ccccc1)Cc1ccccc1. The summed E-state index contributed by atoms with van der Waals surface area (Å²) in [5, 5.41) is 0. The van der Waals surface area contributed by atoms with Crippen LogP contribution < -0.4 is 0 Å². The first kappa shape index (κ1) is 22.0. The number of hydrogen-bond acceptors (Lipinski definition) is 2. The Balaban J connectivity index is 1.79. The fourth-order valence-corrected chi connectivity index (χ4v) is 4.74. The van der Waals surface area contributed by atoms with Crippen LogP contribution in [0.4, 0.5) is 0 Å². The summed E-state index contributed by atoms with van der Waals surface area (Å²) in [6, 6.07) is 37.3. The second-order valence-electron chi connectivity index (χ2n) is 8.78. The second kappa shape index (κ2) is 10.9. The molecule has 2 heteroatoms. The van der Waals surface area contributed by atoms with Gasteiger partial charge in [0.2, 0.25) is 0 Å². The van der Waals surface area contributed by atoms with Crippen molar-refractivity contribution >= 4 is 0 Å². The average Bonchev–Trinajstić information content (AvgIpc) is 2.84. The normalized spacial score (nSPS) is 13.2. The van der Waals surface area contributed by atoms with Gasteiger partial charge in [0, 0.05) is 37.4 Å². The van der Waals surface area contributed by atoms with E-state index in [4.69, 9.17) is 0 Å². The van der Waals surface area contributed by atoms with Gasteiger partial charge in [-0.15, -0.1) is 0 Å². The highest BCUT2D eigenvalue weighted by Gasteiger charge is 2.32. The average molecular weight is 421 g/mol. The van der Waals surface area contributed by atoms with E-state index in [1.54, 1.807) is 0 Å². The Bertz CT molecular complexity index is 966. The van der Waals surface area contributed by atoms with Crippen molar-refractivity contribution in [2.75, 3.05) is 0 Å². The predicted octanol–water partition coefficient (Wildman–Crippen LogP) is 6.94. The van der Waals surface area contributed by atoms with E-state index >= 15 is 0 Å². The molecule has 2 nitrogen and oxygen atoms in total. The minimum atomic E-state index is 0.256. The molecule has 0 aliphatic carbocycles. The van der Waals surface area contributed by atoms with Crippen molar-refractivity contribution in [3.8, 4) is 0 Å². The van der Waals surface area contributed by atoms with E-state index < -0.39 is 0 Å². The van der Waals surface area contributed by atoms with Gasteiger partial charge >= 0.3 is 0 Å². The summed E-state index contributed by atoms with van der Waals surface area (Å²) in [6.45, 7) is 6.52.